The highest BCUT2D eigenvalue weighted by atomic mass is 35.5. The fourth-order valence-electron chi connectivity index (χ4n) is 3.43. The Hall–Kier alpha value is -2.79. The van der Waals surface area contributed by atoms with Crippen LogP contribution in [0.2, 0.25) is 5.02 Å². The normalized spacial score (nSPS) is 14.9. The number of carbonyl (C=O) groups excluding carboxylic acids is 3. The maximum atomic E-state index is 14.4. The van der Waals surface area contributed by atoms with E-state index in [1.807, 2.05) is 0 Å². The zero-order chi connectivity index (χ0) is 23.7. The Bertz CT molecular complexity index is 1070. The standard InChI is InChI=1S/C20H19ClF3N3O4S/c1-2-31-18(30)19(20(22,23)24,26-16(29)10-5-3-6-11(21)9-10)27-17-14(15(25)28)12-7-4-8-13(12)32-17/h3,5-6,9,27H,2,4,7-8H2,1H3,(H2,25,28)(H,26,29)/t19-/m1/s1. The molecule has 0 fully saturated rings. The van der Waals surface area contributed by atoms with Gasteiger partial charge in [-0.25, -0.2) is 4.79 Å². The van der Waals surface area contributed by atoms with Crippen molar-refractivity contribution in [3.63, 3.8) is 0 Å². The van der Waals surface area contributed by atoms with Gasteiger partial charge in [0.2, 0.25) is 0 Å². The number of amides is 2. The van der Waals surface area contributed by atoms with E-state index in [1.54, 1.807) is 5.32 Å². The Labute approximate surface area is 190 Å². The summed E-state index contributed by atoms with van der Waals surface area (Å²) in [5.74, 6) is -3.95. The molecule has 0 unspecified atom stereocenters. The van der Waals surface area contributed by atoms with Crippen molar-refractivity contribution in [1.29, 1.82) is 0 Å². The molecule has 0 bridgehead atoms. The predicted octanol–water partition coefficient (Wildman–Crippen LogP) is 3.65. The largest absolute Gasteiger partial charge is 0.463 e. The number of aryl methyl sites for hydroxylation is 1. The van der Waals surface area contributed by atoms with Gasteiger partial charge in [0.1, 0.15) is 5.00 Å². The number of thiophene rings is 1. The van der Waals surface area contributed by atoms with Gasteiger partial charge in [-0.2, -0.15) is 13.2 Å². The van der Waals surface area contributed by atoms with Crippen molar-refractivity contribution in [2.45, 2.75) is 38.0 Å². The number of halogens is 4. The van der Waals surface area contributed by atoms with E-state index in [1.165, 1.54) is 25.1 Å². The molecule has 1 aromatic heterocycles. The fourth-order valence-corrected chi connectivity index (χ4v) is 4.97. The Balaban J connectivity index is 2.11. The summed E-state index contributed by atoms with van der Waals surface area (Å²) in [7, 11) is 0. The highest BCUT2D eigenvalue weighted by molar-refractivity contribution is 7.16. The molecule has 2 amide bonds. The summed E-state index contributed by atoms with van der Waals surface area (Å²) >= 11 is 6.72. The van der Waals surface area contributed by atoms with Crippen molar-refractivity contribution in [3.8, 4) is 0 Å². The van der Waals surface area contributed by atoms with E-state index >= 15 is 0 Å². The zero-order valence-corrected chi connectivity index (χ0v) is 18.3. The third kappa shape index (κ3) is 4.40. The quantitative estimate of drug-likeness (QED) is 0.406. The average molecular weight is 490 g/mol. The zero-order valence-electron chi connectivity index (χ0n) is 16.8. The number of rotatable bonds is 7. The Morgan fingerprint density at radius 3 is 2.56 bits per heavy atom. The predicted molar refractivity (Wildman–Crippen MR) is 113 cm³/mol. The van der Waals surface area contributed by atoms with Gasteiger partial charge < -0.3 is 21.1 Å². The number of anilines is 1. The first-order valence-corrected chi connectivity index (χ1v) is 10.7. The molecule has 1 atom stereocenters. The van der Waals surface area contributed by atoms with Crippen LogP contribution in [0.1, 0.15) is 44.5 Å². The van der Waals surface area contributed by atoms with Crippen LogP contribution in [0.15, 0.2) is 24.3 Å². The van der Waals surface area contributed by atoms with E-state index in [4.69, 9.17) is 17.3 Å². The van der Waals surface area contributed by atoms with E-state index in [0.29, 0.717) is 23.3 Å². The van der Waals surface area contributed by atoms with Crippen molar-refractivity contribution in [3.05, 3.63) is 50.9 Å². The van der Waals surface area contributed by atoms with Gasteiger partial charge in [-0.15, -0.1) is 11.3 Å². The van der Waals surface area contributed by atoms with Crippen LogP contribution >= 0.6 is 22.9 Å². The molecule has 0 aliphatic heterocycles. The molecule has 12 heteroatoms. The van der Waals surface area contributed by atoms with Crippen LogP contribution < -0.4 is 16.4 Å². The van der Waals surface area contributed by atoms with Crippen LogP contribution in [0.5, 0.6) is 0 Å². The third-order valence-electron chi connectivity index (χ3n) is 4.86. The van der Waals surface area contributed by atoms with Gasteiger partial charge >= 0.3 is 17.8 Å². The second kappa shape index (κ2) is 8.99. The minimum absolute atomic E-state index is 0.116. The number of carbonyl (C=O) groups is 3. The first kappa shape index (κ1) is 23.9. The summed E-state index contributed by atoms with van der Waals surface area (Å²) in [5, 5.41) is 3.64. The van der Waals surface area contributed by atoms with Crippen LogP contribution in [0.4, 0.5) is 18.2 Å². The average Bonchev–Trinajstić information content (AvgIpc) is 3.26. The summed E-state index contributed by atoms with van der Waals surface area (Å²) in [4.78, 5) is 38.1. The molecule has 0 spiro atoms. The highest BCUT2D eigenvalue weighted by Crippen LogP contribution is 2.42. The van der Waals surface area contributed by atoms with Crippen molar-refractivity contribution < 1.29 is 32.3 Å². The molecule has 0 radical (unpaired) electrons. The molecule has 32 heavy (non-hydrogen) atoms. The number of esters is 1. The number of nitrogens with one attached hydrogen (secondary N) is 2. The summed E-state index contributed by atoms with van der Waals surface area (Å²) < 4.78 is 47.9. The Morgan fingerprint density at radius 2 is 1.97 bits per heavy atom. The minimum atomic E-state index is -5.35. The number of primary amides is 1. The number of alkyl halides is 3. The van der Waals surface area contributed by atoms with Crippen molar-refractivity contribution in [2.75, 3.05) is 11.9 Å². The smallest absolute Gasteiger partial charge is 0.441 e. The lowest BCUT2D eigenvalue weighted by atomic mass is 10.1. The first-order valence-electron chi connectivity index (χ1n) is 9.54. The molecule has 1 aromatic carbocycles. The number of ether oxygens (including phenoxy) is 1. The lowest BCUT2D eigenvalue weighted by molar-refractivity contribution is -0.204. The molecule has 3 rings (SSSR count). The van der Waals surface area contributed by atoms with Crippen molar-refractivity contribution in [1.82, 2.24) is 5.32 Å². The van der Waals surface area contributed by atoms with E-state index in [2.05, 4.69) is 10.1 Å². The lowest BCUT2D eigenvalue weighted by Gasteiger charge is -2.35. The van der Waals surface area contributed by atoms with Gasteiger partial charge in [0.05, 0.1) is 12.2 Å². The SMILES string of the molecule is CCOC(=O)[C@@](NC(=O)c1cccc(Cl)c1)(Nc1sc2c(c1C(N)=O)CCC2)C(F)(F)F. The second-order valence-corrected chi connectivity index (χ2v) is 8.53. The molecule has 0 saturated carbocycles. The summed E-state index contributed by atoms with van der Waals surface area (Å²) in [6.45, 7) is 0.946. The number of benzene rings is 1. The summed E-state index contributed by atoms with van der Waals surface area (Å²) in [6, 6.07) is 5.20. The number of hydrogen-bond donors (Lipinski definition) is 3. The molecule has 7 nitrogen and oxygen atoms in total. The van der Waals surface area contributed by atoms with E-state index in [0.717, 1.165) is 23.8 Å². The van der Waals surface area contributed by atoms with Crippen molar-refractivity contribution >= 4 is 45.7 Å². The summed E-state index contributed by atoms with van der Waals surface area (Å²) in [5.41, 5.74) is 1.97. The number of hydrogen-bond acceptors (Lipinski definition) is 6. The van der Waals surface area contributed by atoms with Crippen LogP contribution in [0, 0.1) is 0 Å². The van der Waals surface area contributed by atoms with Crippen LogP contribution in [0.25, 0.3) is 0 Å². The van der Waals surface area contributed by atoms with E-state index in [9.17, 15) is 27.6 Å². The van der Waals surface area contributed by atoms with Gasteiger partial charge in [-0.1, -0.05) is 17.7 Å². The molecular weight excluding hydrogens is 471 g/mol. The van der Waals surface area contributed by atoms with Gasteiger partial charge in [0, 0.05) is 15.5 Å². The number of fused-ring (bicyclic) bond motifs is 1. The van der Waals surface area contributed by atoms with Crippen LogP contribution in [-0.2, 0) is 22.4 Å². The fraction of sp³-hybridized carbons (Fsp3) is 0.350. The summed E-state index contributed by atoms with van der Waals surface area (Å²) in [6.07, 6.45) is -3.58. The first-order chi connectivity index (χ1) is 15.0. The lowest BCUT2D eigenvalue weighted by Crippen LogP contribution is -2.69. The molecule has 0 saturated heterocycles. The highest BCUT2D eigenvalue weighted by Gasteiger charge is 2.64. The minimum Gasteiger partial charge on any atom is -0.463 e. The maximum Gasteiger partial charge on any atom is 0.441 e. The second-order valence-electron chi connectivity index (χ2n) is 6.98. The molecule has 2 aromatic rings. The molecule has 1 aliphatic rings. The Morgan fingerprint density at radius 1 is 1.25 bits per heavy atom. The van der Waals surface area contributed by atoms with Crippen LogP contribution in [0.3, 0.4) is 0 Å². The van der Waals surface area contributed by atoms with Crippen molar-refractivity contribution in [2.24, 2.45) is 5.73 Å². The van der Waals surface area contributed by atoms with Crippen LogP contribution in [-0.4, -0.2) is 36.2 Å². The van der Waals surface area contributed by atoms with E-state index < -0.39 is 29.6 Å². The topological polar surface area (TPSA) is 111 Å². The molecule has 1 heterocycles. The van der Waals surface area contributed by atoms with Gasteiger partial charge in [-0.05, 0) is 49.9 Å². The van der Waals surface area contributed by atoms with Gasteiger partial charge in [-0.3, -0.25) is 9.59 Å². The van der Waals surface area contributed by atoms with E-state index in [-0.39, 0.29) is 27.8 Å². The number of nitrogens with two attached hydrogens (primary N) is 1. The molecule has 1 aliphatic carbocycles. The third-order valence-corrected chi connectivity index (χ3v) is 6.31. The maximum absolute atomic E-state index is 14.4. The molecular formula is C20H19ClF3N3O4S. The van der Waals surface area contributed by atoms with Gasteiger partial charge in [0.25, 0.3) is 11.8 Å². The monoisotopic (exact) mass is 489 g/mol. The molecule has 4 N–H and O–H groups in total. The van der Waals surface area contributed by atoms with Gasteiger partial charge in [0.15, 0.2) is 0 Å². The molecule has 172 valence electrons. The Kier molecular flexibility index (Phi) is 6.70.